The maximum absolute atomic E-state index is 13.2. The van der Waals surface area contributed by atoms with Crippen LogP contribution < -0.4 is 5.32 Å². The summed E-state index contributed by atoms with van der Waals surface area (Å²) in [6, 6.07) is 1.92. The van der Waals surface area contributed by atoms with Gasteiger partial charge in [-0.15, -0.1) is 0 Å². The molecule has 1 saturated carbocycles. The monoisotopic (exact) mass is 318 g/mol. The molecule has 0 aromatic carbocycles. The third kappa shape index (κ3) is 3.60. The molecule has 128 valence electrons. The van der Waals surface area contributed by atoms with E-state index >= 15 is 0 Å². The Hall–Kier alpha value is -1.36. The Bertz CT molecular complexity index is 487. The van der Waals surface area contributed by atoms with Crippen LogP contribution in [-0.2, 0) is 10.3 Å². The van der Waals surface area contributed by atoms with Crippen molar-refractivity contribution < 1.29 is 4.79 Å². The molecule has 0 radical (unpaired) electrons. The third-order valence-electron chi connectivity index (χ3n) is 5.72. The minimum atomic E-state index is -0.490. The van der Waals surface area contributed by atoms with Crippen LogP contribution in [0.1, 0.15) is 51.4 Å². The van der Waals surface area contributed by atoms with Crippen molar-refractivity contribution in [2.75, 3.05) is 26.7 Å². The zero-order valence-corrected chi connectivity index (χ0v) is 14.3. The average Bonchev–Trinajstić information content (AvgIpc) is 3.15. The molecule has 1 aliphatic carbocycles. The molecule has 23 heavy (non-hydrogen) atoms. The average molecular weight is 318 g/mol. The molecule has 2 aliphatic rings. The summed E-state index contributed by atoms with van der Waals surface area (Å²) in [5.41, 5.74) is -0.490. The van der Waals surface area contributed by atoms with Crippen molar-refractivity contribution in [2.45, 2.75) is 56.9 Å². The summed E-state index contributed by atoms with van der Waals surface area (Å²) in [4.78, 5) is 15.2. The third-order valence-corrected chi connectivity index (χ3v) is 5.72. The maximum atomic E-state index is 13.2. The Morgan fingerprint density at radius 2 is 2.04 bits per heavy atom. The molecule has 0 bridgehead atoms. The van der Waals surface area contributed by atoms with E-state index in [9.17, 15) is 4.79 Å². The van der Waals surface area contributed by atoms with E-state index in [2.05, 4.69) is 10.4 Å². The lowest BCUT2D eigenvalue weighted by Crippen LogP contribution is -2.55. The first kappa shape index (κ1) is 16.5. The number of rotatable bonds is 5. The molecule has 1 amide bonds. The Labute approximate surface area is 139 Å². The van der Waals surface area contributed by atoms with Gasteiger partial charge in [-0.2, -0.15) is 5.10 Å². The van der Waals surface area contributed by atoms with Crippen molar-refractivity contribution in [1.29, 1.82) is 0 Å². The van der Waals surface area contributed by atoms with E-state index in [1.807, 2.05) is 28.9 Å². The number of aromatic nitrogens is 2. The lowest BCUT2D eigenvalue weighted by molar-refractivity contribution is -0.142. The van der Waals surface area contributed by atoms with Crippen LogP contribution in [0.3, 0.4) is 0 Å². The van der Waals surface area contributed by atoms with Crippen LogP contribution in [0.15, 0.2) is 18.5 Å². The summed E-state index contributed by atoms with van der Waals surface area (Å²) in [6.45, 7) is 2.63. The van der Waals surface area contributed by atoms with Crippen LogP contribution in [0.4, 0.5) is 0 Å². The van der Waals surface area contributed by atoms with Gasteiger partial charge in [0.05, 0.1) is 0 Å². The van der Waals surface area contributed by atoms with Gasteiger partial charge >= 0.3 is 0 Å². The van der Waals surface area contributed by atoms with Crippen LogP contribution >= 0.6 is 0 Å². The summed E-state index contributed by atoms with van der Waals surface area (Å²) >= 11 is 0. The van der Waals surface area contributed by atoms with E-state index in [4.69, 9.17) is 0 Å². The highest BCUT2D eigenvalue weighted by atomic mass is 16.2. The highest BCUT2D eigenvalue weighted by Gasteiger charge is 2.43. The lowest BCUT2D eigenvalue weighted by atomic mass is 9.85. The Kier molecular flexibility index (Phi) is 5.36. The van der Waals surface area contributed by atoms with Crippen LogP contribution in [0, 0.1) is 5.92 Å². The van der Waals surface area contributed by atoms with E-state index < -0.39 is 5.54 Å². The predicted molar refractivity (Wildman–Crippen MR) is 91.1 cm³/mol. The highest BCUT2D eigenvalue weighted by molar-refractivity contribution is 5.84. The standard InChI is InChI=1S/C18H30N4O/c1-21(15-8-16-6-3-2-4-7-16)17(23)18(9-12-19-13-10-18)22-14-5-11-20-22/h5,11,14,16,19H,2-4,6-10,12-13,15H2,1H3. The molecule has 2 fully saturated rings. The van der Waals surface area contributed by atoms with Crippen molar-refractivity contribution in [3.8, 4) is 0 Å². The number of nitrogens with zero attached hydrogens (tertiary/aromatic N) is 3. The largest absolute Gasteiger partial charge is 0.344 e. The SMILES string of the molecule is CN(CCC1CCCCC1)C(=O)C1(n2cccn2)CCNCC1. The molecule has 5 nitrogen and oxygen atoms in total. The number of nitrogens with one attached hydrogen (secondary N) is 1. The molecular weight excluding hydrogens is 288 g/mol. The van der Waals surface area contributed by atoms with E-state index in [0.29, 0.717) is 0 Å². The first-order chi connectivity index (χ1) is 11.2. The molecule has 0 atom stereocenters. The summed E-state index contributed by atoms with van der Waals surface area (Å²) in [7, 11) is 1.97. The number of amides is 1. The van der Waals surface area contributed by atoms with Crippen LogP contribution in [0.25, 0.3) is 0 Å². The summed E-state index contributed by atoms with van der Waals surface area (Å²) in [6.07, 6.45) is 13.3. The minimum absolute atomic E-state index is 0.235. The second-order valence-corrected chi connectivity index (χ2v) is 7.25. The lowest BCUT2D eigenvalue weighted by Gasteiger charge is -2.39. The fourth-order valence-electron chi connectivity index (χ4n) is 4.21. The number of hydrogen-bond donors (Lipinski definition) is 1. The molecule has 1 N–H and O–H groups in total. The van der Waals surface area contributed by atoms with E-state index in [1.54, 1.807) is 6.20 Å². The van der Waals surface area contributed by atoms with Gasteiger partial charge in [0.25, 0.3) is 0 Å². The second kappa shape index (κ2) is 7.47. The van der Waals surface area contributed by atoms with Gasteiger partial charge in [-0.05, 0) is 44.3 Å². The zero-order chi connectivity index (χ0) is 16.1. The molecule has 1 saturated heterocycles. The molecule has 5 heteroatoms. The Balaban J connectivity index is 1.65. The first-order valence-electron chi connectivity index (χ1n) is 9.19. The van der Waals surface area contributed by atoms with Crippen molar-refractivity contribution in [2.24, 2.45) is 5.92 Å². The topological polar surface area (TPSA) is 50.2 Å². The van der Waals surface area contributed by atoms with Crippen molar-refractivity contribution >= 4 is 5.91 Å². The van der Waals surface area contributed by atoms with Gasteiger partial charge in [-0.25, -0.2) is 0 Å². The van der Waals surface area contributed by atoms with Gasteiger partial charge in [0.2, 0.25) is 5.91 Å². The molecule has 1 aromatic heterocycles. The molecule has 1 aromatic rings. The van der Waals surface area contributed by atoms with Crippen molar-refractivity contribution in [3.05, 3.63) is 18.5 Å². The van der Waals surface area contributed by atoms with Crippen molar-refractivity contribution in [3.63, 3.8) is 0 Å². The molecule has 3 rings (SSSR count). The minimum Gasteiger partial charge on any atom is -0.344 e. The summed E-state index contributed by atoms with van der Waals surface area (Å²) in [5.74, 6) is 1.05. The van der Waals surface area contributed by atoms with Gasteiger partial charge < -0.3 is 10.2 Å². The van der Waals surface area contributed by atoms with E-state index in [1.165, 1.54) is 32.1 Å². The van der Waals surface area contributed by atoms with Crippen LogP contribution in [0.2, 0.25) is 0 Å². The van der Waals surface area contributed by atoms with Crippen LogP contribution in [0.5, 0.6) is 0 Å². The molecule has 2 heterocycles. The molecular formula is C18H30N4O. The maximum Gasteiger partial charge on any atom is 0.250 e. The quantitative estimate of drug-likeness (QED) is 0.907. The number of piperidine rings is 1. The van der Waals surface area contributed by atoms with Gasteiger partial charge in [0.15, 0.2) is 0 Å². The Morgan fingerprint density at radius 1 is 1.30 bits per heavy atom. The highest BCUT2D eigenvalue weighted by Crippen LogP contribution is 2.30. The fraction of sp³-hybridized carbons (Fsp3) is 0.778. The van der Waals surface area contributed by atoms with Crippen molar-refractivity contribution in [1.82, 2.24) is 20.0 Å². The number of carbonyl (C=O) groups is 1. The van der Waals surface area contributed by atoms with E-state index in [-0.39, 0.29) is 5.91 Å². The summed E-state index contributed by atoms with van der Waals surface area (Å²) in [5, 5.41) is 7.77. The predicted octanol–water partition coefficient (Wildman–Crippen LogP) is 2.39. The van der Waals surface area contributed by atoms with Crippen LogP contribution in [-0.4, -0.2) is 47.3 Å². The zero-order valence-electron chi connectivity index (χ0n) is 14.3. The normalized spacial score (nSPS) is 22.0. The van der Waals surface area contributed by atoms with Gasteiger partial charge in [-0.1, -0.05) is 32.1 Å². The van der Waals surface area contributed by atoms with Gasteiger partial charge in [0.1, 0.15) is 5.54 Å². The fourth-order valence-corrected chi connectivity index (χ4v) is 4.21. The molecule has 0 unspecified atom stereocenters. The first-order valence-corrected chi connectivity index (χ1v) is 9.19. The second-order valence-electron chi connectivity index (χ2n) is 7.25. The number of hydrogen-bond acceptors (Lipinski definition) is 3. The number of carbonyl (C=O) groups excluding carboxylic acids is 1. The van der Waals surface area contributed by atoms with E-state index in [0.717, 1.165) is 44.8 Å². The van der Waals surface area contributed by atoms with Gasteiger partial charge in [0, 0.05) is 26.0 Å². The van der Waals surface area contributed by atoms with Gasteiger partial charge in [-0.3, -0.25) is 9.48 Å². The molecule has 0 spiro atoms. The Morgan fingerprint density at radius 3 is 2.70 bits per heavy atom. The number of likely N-dealkylation sites (N-methyl/N-ethyl adjacent to an activating group) is 1. The molecule has 1 aliphatic heterocycles. The smallest absolute Gasteiger partial charge is 0.250 e. The summed E-state index contributed by atoms with van der Waals surface area (Å²) < 4.78 is 1.90.